The number of halogens is 1. The number of aliphatic hydroxyl groups excluding tert-OH is 1. The molecular formula is C40H62FNO3. The van der Waals surface area contributed by atoms with Crippen molar-refractivity contribution < 1.29 is 19.4 Å². The maximum atomic E-state index is 16.1. The minimum Gasteiger partial charge on any atom is -0.508 e. The average molecular weight is 624 g/mol. The van der Waals surface area contributed by atoms with E-state index in [9.17, 15) is 15.0 Å². The van der Waals surface area contributed by atoms with Crippen LogP contribution in [0.3, 0.4) is 0 Å². The minimum atomic E-state index is -0.944. The van der Waals surface area contributed by atoms with Gasteiger partial charge >= 0.3 is 0 Å². The largest absolute Gasteiger partial charge is 0.508 e. The fourth-order valence-corrected chi connectivity index (χ4v) is 11.1. The van der Waals surface area contributed by atoms with Gasteiger partial charge in [0.1, 0.15) is 11.9 Å². The molecule has 5 aliphatic rings. The number of aliphatic hydroxyl groups is 1. The molecule has 1 aromatic carbocycles. The van der Waals surface area contributed by atoms with Crippen molar-refractivity contribution in [3.63, 3.8) is 0 Å². The van der Waals surface area contributed by atoms with E-state index >= 15 is 4.39 Å². The molecule has 0 bridgehead atoms. The minimum absolute atomic E-state index is 0.115. The number of phenolic OH excluding ortho intramolecular Hbond substituents is 1. The van der Waals surface area contributed by atoms with Gasteiger partial charge in [-0.15, -0.1) is 0 Å². The summed E-state index contributed by atoms with van der Waals surface area (Å²) in [6, 6.07) is 5.60. The number of carbonyl (C=O) groups is 1. The number of benzene rings is 1. The highest BCUT2D eigenvalue weighted by atomic mass is 19.1. The molecule has 0 aromatic heterocycles. The fourth-order valence-electron chi connectivity index (χ4n) is 11.1. The Labute approximate surface area is 272 Å². The Kier molecular flexibility index (Phi) is 11.2. The lowest BCUT2D eigenvalue weighted by Gasteiger charge is -2.54. The van der Waals surface area contributed by atoms with Crippen molar-refractivity contribution in [3.05, 3.63) is 29.3 Å². The number of aromatic hydroxyl groups is 1. The molecule has 0 saturated heterocycles. The lowest BCUT2D eigenvalue weighted by molar-refractivity contribution is -0.132. The Hall–Kier alpha value is -1.62. The third kappa shape index (κ3) is 7.60. The maximum absolute atomic E-state index is 16.1. The molecule has 4 saturated carbocycles. The molecule has 5 heteroatoms. The van der Waals surface area contributed by atoms with E-state index in [1.807, 2.05) is 12.1 Å². The first-order chi connectivity index (χ1) is 21.8. The van der Waals surface area contributed by atoms with Gasteiger partial charge in [0.25, 0.3) is 0 Å². The predicted octanol–water partition coefficient (Wildman–Crippen LogP) is 9.50. The summed E-state index contributed by atoms with van der Waals surface area (Å²) in [4.78, 5) is 15.7. The average Bonchev–Trinajstić information content (AvgIpc) is 3.34. The van der Waals surface area contributed by atoms with Crippen LogP contribution in [-0.2, 0) is 11.2 Å². The molecule has 0 aliphatic heterocycles. The third-order valence-electron chi connectivity index (χ3n) is 13.6. The van der Waals surface area contributed by atoms with Crippen molar-refractivity contribution in [3.8, 4) is 5.75 Å². The van der Waals surface area contributed by atoms with Crippen molar-refractivity contribution >= 4 is 5.91 Å². The summed E-state index contributed by atoms with van der Waals surface area (Å²) in [7, 11) is 0. The molecule has 1 aromatic rings. The molecule has 5 aliphatic carbocycles. The van der Waals surface area contributed by atoms with Gasteiger partial charge in [0.2, 0.25) is 5.91 Å². The molecule has 7 atom stereocenters. The second kappa shape index (κ2) is 15.1. The Balaban J connectivity index is 1.03. The second-order valence-electron chi connectivity index (χ2n) is 16.5. The van der Waals surface area contributed by atoms with Gasteiger partial charge in [0, 0.05) is 25.4 Å². The molecule has 0 heterocycles. The van der Waals surface area contributed by atoms with Crippen LogP contribution in [0.15, 0.2) is 18.2 Å². The zero-order chi connectivity index (χ0) is 31.4. The van der Waals surface area contributed by atoms with Crippen molar-refractivity contribution in [1.82, 2.24) is 4.90 Å². The third-order valence-corrected chi connectivity index (χ3v) is 13.6. The van der Waals surface area contributed by atoms with Crippen molar-refractivity contribution in [2.75, 3.05) is 13.1 Å². The van der Waals surface area contributed by atoms with E-state index in [-0.39, 0.29) is 23.0 Å². The quantitative estimate of drug-likeness (QED) is 0.228. The zero-order valence-electron chi connectivity index (χ0n) is 28.2. The molecule has 1 amide bonds. The van der Waals surface area contributed by atoms with Crippen LogP contribution in [0.5, 0.6) is 5.75 Å². The van der Waals surface area contributed by atoms with Gasteiger partial charge in [-0.3, -0.25) is 4.79 Å². The van der Waals surface area contributed by atoms with Crippen molar-refractivity contribution in [2.45, 2.75) is 160 Å². The molecule has 6 unspecified atom stereocenters. The van der Waals surface area contributed by atoms with E-state index in [0.717, 1.165) is 94.3 Å². The number of unbranched alkanes of at least 4 members (excludes halogenated alkanes) is 3. The first kappa shape index (κ1) is 33.3. The molecule has 0 radical (unpaired) electrons. The normalized spacial score (nSPS) is 33.8. The Bertz CT molecular complexity index is 1110. The van der Waals surface area contributed by atoms with E-state index in [2.05, 4.69) is 11.8 Å². The molecule has 45 heavy (non-hydrogen) atoms. The number of hydrogen-bond acceptors (Lipinski definition) is 3. The standard InChI is InChI=1S/C40H62FNO3/c1-40-26-35(41)39-33-19-18-32(43)25-31(33)24-30(38(39)34(40)20-21-36(40)44)16-10-2-3-11-23-42(27-29-14-8-5-9-15-29)37(45)22-17-28-12-6-4-7-13-28/h18-19,25,28-30,34-36,38-39,43-44H,2-17,20-24,26-27H2,1H3/t30?,34?,35?,36?,38?,39?,40-/m0/s1. The van der Waals surface area contributed by atoms with E-state index in [4.69, 9.17) is 0 Å². The Morgan fingerprint density at radius 1 is 0.911 bits per heavy atom. The predicted molar refractivity (Wildman–Crippen MR) is 180 cm³/mol. The smallest absolute Gasteiger partial charge is 0.222 e. The summed E-state index contributed by atoms with van der Waals surface area (Å²) < 4.78 is 16.1. The number of phenols is 1. The lowest BCUT2D eigenvalue weighted by atomic mass is 9.51. The highest BCUT2D eigenvalue weighted by molar-refractivity contribution is 5.76. The number of nitrogens with zero attached hydrogens (tertiary/aromatic N) is 1. The number of rotatable bonds is 12. The summed E-state index contributed by atoms with van der Waals surface area (Å²) in [5.74, 6) is 3.04. The monoisotopic (exact) mass is 623 g/mol. The van der Waals surface area contributed by atoms with Crippen LogP contribution in [0.25, 0.3) is 0 Å². The SMILES string of the molecule is C[C@]12CC(F)C3c4ccc(O)cc4CC(CCCCCCN(CC4CCCCC4)C(=O)CCC4CCCCC4)C3C1CCC2O. The number of amides is 1. The molecule has 4 fully saturated rings. The van der Waals surface area contributed by atoms with E-state index in [1.165, 1.54) is 64.2 Å². The van der Waals surface area contributed by atoms with Crippen LogP contribution < -0.4 is 0 Å². The van der Waals surface area contributed by atoms with Crippen LogP contribution in [0.4, 0.5) is 4.39 Å². The molecule has 0 spiro atoms. The summed E-state index contributed by atoms with van der Waals surface area (Å²) in [5.41, 5.74) is 1.92. The first-order valence-corrected chi connectivity index (χ1v) is 19.2. The van der Waals surface area contributed by atoms with E-state index in [1.54, 1.807) is 6.07 Å². The summed E-state index contributed by atoms with van der Waals surface area (Å²) in [6.07, 6.45) is 22.5. The molecule has 6 rings (SSSR count). The van der Waals surface area contributed by atoms with Gasteiger partial charge in [-0.2, -0.15) is 0 Å². The van der Waals surface area contributed by atoms with Crippen LogP contribution >= 0.6 is 0 Å². The van der Waals surface area contributed by atoms with Gasteiger partial charge < -0.3 is 15.1 Å². The summed E-state index contributed by atoms with van der Waals surface area (Å²) in [6.45, 7) is 4.02. The zero-order valence-corrected chi connectivity index (χ0v) is 28.2. The van der Waals surface area contributed by atoms with Gasteiger partial charge in [-0.05, 0) is 116 Å². The number of fused-ring (bicyclic) bond motifs is 5. The highest BCUT2D eigenvalue weighted by Crippen LogP contribution is 2.63. The fraction of sp³-hybridized carbons (Fsp3) is 0.825. The van der Waals surface area contributed by atoms with Crippen molar-refractivity contribution in [1.29, 1.82) is 0 Å². The Morgan fingerprint density at radius 3 is 2.38 bits per heavy atom. The molecular weight excluding hydrogens is 561 g/mol. The first-order valence-electron chi connectivity index (χ1n) is 19.2. The topological polar surface area (TPSA) is 60.8 Å². The van der Waals surface area contributed by atoms with E-state index < -0.39 is 12.3 Å². The number of alkyl halides is 1. The highest BCUT2D eigenvalue weighted by Gasteiger charge is 2.59. The Morgan fingerprint density at radius 2 is 1.62 bits per heavy atom. The molecule has 4 nitrogen and oxygen atoms in total. The summed E-state index contributed by atoms with van der Waals surface area (Å²) >= 11 is 0. The maximum Gasteiger partial charge on any atom is 0.222 e. The van der Waals surface area contributed by atoms with E-state index in [0.29, 0.717) is 30.1 Å². The van der Waals surface area contributed by atoms with Crippen LogP contribution in [0.1, 0.15) is 152 Å². The number of carbonyl (C=O) groups excluding carboxylic acids is 1. The molecule has 252 valence electrons. The lowest BCUT2D eigenvalue weighted by Crippen LogP contribution is -2.51. The second-order valence-corrected chi connectivity index (χ2v) is 16.5. The number of hydrogen-bond donors (Lipinski definition) is 2. The van der Waals surface area contributed by atoms with Crippen LogP contribution in [0, 0.1) is 35.0 Å². The van der Waals surface area contributed by atoms with Crippen LogP contribution in [0.2, 0.25) is 0 Å². The molecule has 2 N–H and O–H groups in total. The summed E-state index contributed by atoms with van der Waals surface area (Å²) in [5, 5.41) is 21.2. The van der Waals surface area contributed by atoms with Gasteiger partial charge in [-0.1, -0.05) is 83.6 Å². The van der Waals surface area contributed by atoms with Gasteiger partial charge in [-0.25, -0.2) is 4.39 Å². The van der Waals surface area contributed by atoms with Gasteiger partial charge in [0.15, 0.2) is 0 Å². The van der Waals surface area contributed by atoms with Gasteiger partial charge in [0.05, 0.1) is 6.10 Å². The van der Waals surface area contributed by atoms with Crippen LogP contribution in [-0.4, -0.2) is 46.4 Å². The van der Waals surface area contributed by atoms with Crippen molar-refractivity contribution in [2.24, 2.45) is 35.0 Å².